The van der Waals surface area contributed by atoms with Crippen LogP contribution in [0.3, 0.4) is 0 Å². The van der Waals surface area contributed by atoms with Gasteiger partial charge in [-0.2, -0.15) is 0 Å². The van der Waals surface area contributed by atoms with E-state index >= 15 is 0 Å². The van der Waals surface area contributed by atoms with Crippen molar-refractivity contribution in [3.63, 3.8) is 0 Å². The van der Waals surface area contributed by atoms with Gasteiger partial charge in [0.05, 0.1) is 28.2 Å². The highest BCUT2D eigenvalue weighted by molar-refractivity contribution is 7.71. The summed E-state index contributed by atoms with van der Waals surface area (Å²) in [6.07, 6.45) is 3.63. The van der Waals surface area contributed by atoms with E-state index in [1.165, 1.54) is 18.9 Å². The Balaban J connectivity index is 1.88. The van der Waals surface area contributed by atoms with Gasteiger partial charge >= 0.3 is 0 Å². The molecule has 106 valence electrons. The summed E-state index contributed by atoms with van der Waals surface area (Å²) in [5.74, 6) is 0.217. The quantitative estimate of drug-likeness (QED) is 0.841. The second-order valence-corrected chi connectivity index (χ2v) is 6.41. The smallest absolute Gasteiger partial charge is 0.178 e. The maximum Gasteiger partial charge on any atom is 0.178 e. The van der Waals surface area contributed by atoms with E-state index < -0.39 is 5.82 Å². The Bertz CT molecular complexity index is 737. The highest BCUT2D eigenvalue weighted by Crippen LogP contribution is 2.44. The lowest BCUT2D eigenvalue weighted by atomic mass is 10.1. The predicted molar refractivity (Wildman–Crippen MR) is 78.2 cm³/mol. The number of benzene rings is 1. The summed E-state index contributed by atoms with van der Waals surface area (Å²) in [4.78, 5) is 3.08. The fraction of sp³-hybridized carbons (Fsp3) is 0.500. The highest BCUT2D eigenvalue weighted by Gasteiger charge is 2.42. The summed E-state index contributed by atoms with van der Waals surface area (Å²) in [7, 11) is 0. The normalized spacial score (nSPS) is 26.5. The molecule has 3 nitrogen and oxygen atoms in total. The molecule has 2 fully saturated rings. The van der Waals surface area contributed by atoms with Crippen LogP contribution in [0.5, 0.6) is 0 Å². The van der Waals surface area contributed by atoms with E-state index in [2.05, 4.69) is 9.55 Å². The van der Waals surface area contributed by atoms with Crippen LogP contribution in [0.2, 0.25) is 5.02 Å². The molecule has 2 unspecified atom stereocenters. The third kappa shape index (κ3) is 1.91. The SMILES string of the molecule is Fc1cc2[nH]c(=S)n(C3CCOC3C3CC3)c2cc1Cl. The molecule has 2 heterocycles. The van der Waals surface area contributed by atoms with E-state index in [4.69, 9.17) is 28.6 Å². The third-order valence-electron chi connectivity index (χ3n) is 4.28. The van der Waals surface area contributed by atoms with Gasteiger partial charge in [-0.3, -0.25) is 0 Å². The first-order chi connectivity index (χ1) is 9.65. The van der Waals surface area contributed by atoms with Crippen molar-refractivity contribution in [2.75, 3.05) is 6.61 Å². The van der Waals surface area contributed by atoms with Gasteiger partial charge in [-0.25, -0.2) is 4.39 Å². The molecular weight excluding hydrogens is 299 g/mol. The first kappa shape index (κ1) is 12.8. The molecule has 0 radical (unpaired) electrons. The lowest BCUT2D eigenvalue weighted by Gasteiger charge is -2.20. The predicted octanol–water partition coefficient (Wildman–Crippen LogP) is 4.23. The van der Waals surface area contributed by atoms with E-state index in [1.807, 2.05) is 0 Å². The molecule has 2 aliphatic rings. The van der Waals surface area contributed by atoms with Crippen LogP contribution in [0.25, 0.3) is 11.0 Å². The molecule has 20 heavy (non-hydrogen) atoms. The number of nitrogens with zero attached hydrogens (tertiary/aromatic N) is 1. The summed E-state index contributed by atoms with van der Waals surface area (Å²) in [6, 6.07) is 3.29. The van der Waals surface area contributed by atoms with Gasteiger partial charge in [0, 0.05) is 12.7 Å². The summed E-state index contributed by atoms with van der Waals surface area (Å²) >= 11 is 11.3. The largest absolute Gasteiger partial charge is 0.376 e. The van der Waals surface area contributed by atoms with Gasteiger partial charge in [-0.05, 0) is 43.5 Å². The van der Waals surface area contributed by atoms with Crippen molar-refractivity contribution in [2.45, 2.75) is 31.4 Å². The first-order valence-corrected chi connectivity index (χ1v) is 7.64. The Morgan fingerprint density at radius 3 is 2.90 bits per heavy atom. The van der Waals surface area contributed by atoms with Crippen molar-refractivity contribution in [1.29, 1.82) is 0 Å². The summed E-state index contributed by atoms with van der Waals surface area (Å²) < 4.78 is 22.1. The minimum atomic E-state index is -0.427. The van der Waals surface area contributed by atoms with E-state index in [0.717, 1.165) is 18.5 Å². The number of nitrogens with one attached hydrogen (secondary N) is 1. The molecule has 1 saturated carbocycles. The number of hydrogen-bond acceptors (Lipinski definition) is 2. The molecule has 2 atom stereocenters. The summed E-state index contributed by atoms with van der Waals surface area (Å²) in [5.41, 5.74) is 1.56. The Morgan fingerprint density at radius 1 is 1.35 bits per heavy atom. The zero-order chi connectivity index (χ0) is 13.9. The maximum absolute atomic E-state index is 13.6. The molecule has 0 spiro atoms. The number of hydrogen-bond donors (Lipinski definition) is 1. The fourth-order valence-corrected chi connectivity index (χ4v) is 3.70. The van der Waals surface area contributed by atoms with Crippen molar-refractivity contribution >= 4 is 34.9 Å². The van der Waals surface area contributed by atoms with E-state index in [-0.39, 0.29) is 17.2 Å². The molecule has 1 aromatic heterocycles. The summed E-state index contributed by atoms with van der Waals surface area (Å²) in [5, 5.41) is 0.127. The summed E-state index contributed by atoms with van der Waals surface area (Å²) in [6.45, 7) is 0.759. The first-order valence-electron chi connectivity index (χ1n) is 6.86. The van der Waals surface area contributed by atoms with Crippen LogP contribution in [0, 0.1) is 16.5 Å². The monoisotopic (exact) mass is 312 g/mol. The molecular formula is C14H14ClFN2OS. The fourth-order valence-electron chi connectivity index (χ4n) is 3.20. The van der Waals surface area contributed by atoms with Gasteiger partial charge in [0.1, 0.15) is 5.82 Å². The van der Waals surface area contributed by atoms with Crippen LogP contribution in [0.15, 0.2) is 12.1 Å². The number of rotatable bonds is 2. The molecule has 1 aliphatic carbocycles. The Kier molecular flexibility index (Phi) is 2.91. The molecule has 2 aromatic rings. The van der Waals surface area contributed by atoms with E-state index in [0.29, 0.717) is 16.2 Å². The highest BCUT2D eigenvalue weighted by atomic mass is 35.5. The minimum absolute atomic E-state index is 0.127. The molecule has 1 N–H and O–H groups in total. The Hall–Kier alpha value is -0.910. The average molecular weight is 313 g/mol. The number of aromatic amines is 1. The van der Waals surface area contributed by atoms with Crippen LogP contribution in [0.1, 0.15) is 25.3 Å². The van der Waals surface area contributed by atoms with Crippen molar-refractivity contribution < 1.29 is 9.13 Å². The van der Waals surface area contributed by atoms with Crippen molar-refractivity contribution in [3.8, 4) is 0 Å². The zero-order valence-electron chi connectivity index (χ0n) is 10.7. The molecule has 6 heteroatoms. The minimum Gasteiger partial charge on any atom is -0.376 e. The van der Waals surface area contributed by atoms with Crippen molar-refractivity contribution in [2.24, 2.45) is 5.92 Å². The van der Waals surface area contributed by atoms with Crippen molar-refractivity contribution in [1.82, 2.24) is 9.55 Å². The number of halogens is 2. The Morgan fingerprint density at radius 2 is 2.15 bits per heavy atom. The van der Waals surface area contributed by atoms with Crippen LogP contribution >= 0.6 is 23.8 Å². The lowest BCUT2D eigenvalue weighted by Crippen LogP contribution is -2.22. The Labute approximate surface area is 125 Å². The molecule has 1 aliphatic heterocycles. The van der Waals surface area contributed by atoms with Crippen LogP contribution < -0.4 is 0 Å². The standard InChI is InChI=1S/C14H14ClFN2OS/c15-8-5-12-10(6-9(8)16)17-14(20)18(12)11-3-4-19-13(11)7-1-2-7/h5-7,11,13H,1-4H2,(H,17,20). The van der Waals surface area contributed by atoms with E-state index in [1.54, 1.807) is 6.07 Å². The number of H-pyrrole nitrogens is 1. The molecule has 0 bridgehead atoms. The van der Waals surface area contributed by atoms with Gasteiger partial charge in [0.15, 0.2) is 4.77 Å². The van der Waals surface area contributed by atoms with Crippen LogP contribution in [-0.2, 0) is 4.74 Å². The van der Waals surface area contributed by atoms with Crippen LogP contribution in [-0.4, -0.2) is 22.3 Å². The van der Waals surface area contributed by atoms with Gasteiger partial charge in [0.2, 0.25) is 0 Å². The van der Waals surface area contributed by atoms with Gasteiger partial charge in [-0.15, -0.1) is 0 Å². The maximum atomic E-state index is 13.6. The molecule has 4 rings (SSSR count). The average Bonchev–Trinajstić information content (AvgIpc) is 3.06. The molecule has 0 amide bonds. The molecule has 1 saturated heterocycles. The van der Waals surface area contributed by atoms with Crippen molar-refractivity contribution in [3.05, 3.63) is 27.7 Å². The lowest BCUT2D eigenvalue weighted by molar-refractivity contribution is 0.0756. The van der Waals surface area contributed by atoms with Gasteiger partial charge in [0.25, 0.3) is 0 Å². The molecule has 1 aromatic carbocycles. The number of ether oxygens (including phenoxy) is 1. The topological polar surface area (TPSA) is 29.9 Å². The second kappa shape index (κ2) is 4.55. The number of aromatic nitrogens is 2. The third-order valence-corrected chi connectivity index (χ3v) is 4.87. The number of fused-ring (bicyclic) bond motifs is 1. The zero-order valence-corrected chi connectivity index (χ0v) is 12.3. The second-order valence-electron chi connectivity index (χ2n) is 5.61. The van der Waals surface area contributed by atoms with Gasteiger partial charge in [-0.1, -0.05) is 11.6 Å². The number of imidazole rings is 1. The van der Waals surface area contributed by atoms with E-state index in [9.17, 15) is 4.39 Å². The van der Waals surface area contributed by atoms with Crippen LogP contribution in [0.4, 0.5) is 4.39 Å². The van der Waals surface area contributed by atoms with Gasteiger partial charge < -0.3 is 14.3 Å².